The number of esters is 1. The lowest BCUT2D eigenvalue weighted by molar-refractivity contribution is -0.129. The van der Waals surface area contributed by atoms with E-state index in [9.17, 15) is 9.18 Å². The fourth-order valence-electron chi connectivity index (χ4n) is 2.75. The Bertz CT molecular complexity index is 1120. The Morgan fingerprint density at radius 3 is 2.59 bits per heavy atom. The third-order valence-electron chi connectivity index (χ3n) is 4.23. The number of halogens is 2. The zero-order chi connectivity index (χ0) is 20.2. The maximum absolute atomic E-state index is 13.4. The van der Waals surface area contributed by atoms with Crippen molar-refractivity contribution in [3.63, 3.8) is 0 Å². The van der Waals surface area contributed by atoms with Gasteiger partial charge in [0.25, 0.3) is 0 Å². The molecule has 3 aromatic rings. The summed E-state index contributed by atoms with van der Waals surface area (Å²) in [6, 6.07) is 20.9. The predicted octanol–water partition coefficient (Wildman–Crippen LogP) is 5.51. The quantitative estimate of drug-likeness (QED) is 0.379. The van der Waals surface area contributed by atoms with E-state index in [-0.39, 0.29) is 11.6 Å². The van der Waals surface area contributed by atoms with Crippen LogP contribution in [0.1, 0.15) is 16.7 Å². The number of hydrogen-bond acceptors (Lipinski definition) is 4. The van der Waals surface area contributed by atoms with Gasteiger partial charge in [-0.15, -0.1) is 0 Å². The number of cyclic esters (lactones) is 1. The van der Waals surface area contributed by atoms with Crippen LogP contribution in [0.25, 0.3) is 6.08 Å². The highest BCUT2D eigenvalue weighted by atomic mass is 79.9. The molecule has 0 atom stereocenters. The van der Waals surface area contributed by atoms with Gasteiger partial charge in [0, 0.05) is 15.6 Å². The van der Waals surface area contributed by atoms with Gasteiger partial charge in [0.15, 0.2) is 5.70 Å². The molecular formula is C23H15BrFNO3. The van der Waals surface area contributed by atoms with E-state index < -0.39 is 11.8 Å². The first-order chi connectivity index (χ1) is 14.1. The topological polar surface area (TPSA) is 47.9 Å². The highest BCUT2D eigenvalue weighted by Crippen LogP contribution is 2.22. The van der Waals surface area contributed by atoms with Crippen molar-refractivity contribution in [2.24, 2.45) is 4.99 Å². The minimum absolute atomic E-state index is 0.0918. The van der Waals surface area contributed by atoms with Crippen molar-refractivity contribution in [2.75, 3.05) is 0 Å². The summed E-state index contributed by atoms with van der Waals surface area (Å²) in [6.07, 6.45) is 1.62. The minimum Gasteiger partial charge on any atom is -0.489 e. The summed E-state index contributed by atoms with van der Waals surface area (Å²) < 4.78 is 25.3. The van der Waals surface area contributed by atoms with Crippen LogP contribution in [-0.2, 0) is 16.1 Å². The monoisotopic (exact) mass is 451 g/mol. The number of aliphatic imine (C=N–C) groups is 1. The molecule has 0 bridgehead atoms. The average Bonchev–Trinajstić information content (AvgIpc) is 3.09. The Morgan fingerprint density at radius 2 is 1.83 bits per heavy atom. The van der Waals surface area contributed by atoms with Crippen LogP contribution in [0, 0.1) is 5.82 Å². The summed E-state index contributed by atoms with van der Waals surface area (Å²) in [4.78, 5) is 16.3. The van der Waals surface area contributed by atoms with Crippen molar-refractivity contribution in [3.05, 3.63) is 105 Å². The molecule has 29 heavy (non-hydrogen) atoms. The van der Waals surface area contributed by atoms with E-state index in [4.69, 9.17) is 9.47 Å². The Kier molecular flexibility index (Phi) is 5.53. The fraction of sp³-hybridized carbons (Fsp3) is 0.0435. The van der Waals surface area contributed by atoms with E-state index in [1.807, 2.05) is 48.5 Å². The summed E-state index contributed by atoms with van der Waals surface area (Å²) in [5.74, 6) is -0.190. The lowest BCUT2D eigenvalue weighted by atomic mass is 10.2. The van der Waals surface area contributed by atoms with Crippen molar-refractivity contribution in [1.82, 2.24) is 0 Å². The van der Waals surface area contributed by atoms with Crippen LogP contribution in [0.3, 0.4) is 0 Å². The van der Waals surface area contributed by atoms with Gasteiger partial charge in [-0.25, -0.2) is 14.2 Å². The highest BCUT2D eigenvalue weighted by molar-refractivity contribution is 9.10. The molecule has 4 nitrogen and oxygen atoms in total. The van der Waals surface area contributed by atoms with Crippen LogP contribution in [0.2, 0.25) is 0 Å². The maximum Gasteiger partial charge on any atom is 0.363 e. The van der Waals surface area contributed by atoms with Gasteiger partial charge in [0.05, 0.1) is 0 Å². The summed E-state index contributed by atoms with van der Waals surface area (Å²) in [5, 5.41) is 0. The molecule has 0 aliphatic carbocycles. The van der Waals surface area contributed by atoms with Gasteiger partial charge < -0.3 is 9.47 Å². The second-order valence-electron chi connectivity index (χ2n) is 6.30. The third kappa shape index (κ3) is 4.60. The van der Waals surface area contributed by atoms with E-state index in [1.165, 1.54) is 18.2 Å². The first-order valence-electron chi connectivity index (χ1n) is 8.83. The van der Waals surface area contributed by atoms with Crippen molar-refractivity contribution in [2.45, 2.75) is 6.61 Å². The maximum atomic E-state index is 13.4. The van der Waals surface area contributed by atoms with Crippen molar-refractivity contribution >= 4 is 33.9 Å². The summed E-state index contributed by atoms with van der Waals surface area (Å²) in [6.45, 7) is 0.440. The Hall–Kier alpha value is -3.25. The third-order valence-corrected chi connectivity index (χ3v) is 5.00. The molecule has 0 spiro atoms. The SMILES string of the molecule is O=C1OC(c2cccc(F)c2)=N/C1=C\c1ccc(OCc2ccccc2Br)cc1. The number of benzene rings is 3. The zero-order valence-electron chi connectivity index (χ0n) is 15.1. The molecule has 0 fully saturated rings. The first kappa shape index (κ1) is 19.1. The number of carbonyl (C=O) groups excluding carboxylic acids is 1. The largest absolute Gasteiger partial charge is 0.489 e. The van der Waals surface area contributed by atoms with E-state index in [2.05, 4.69) is 20.9 Å². The Labute approximate surface area is 175 Å². The number of carbonyl (C=O) groups is 1. The highest BCUT2D eigenvalue weighted by Gasteiger charge is 2.24. The summed E-state index contributed by atoms with van der Waals surface area (Å²) in [7, 11) is 0. The molecule has 3 aromatic carbocycles. The molecule has 1 aliphatic heterocycles. The van der Waals surface area contributed by atoms with Crippen molar-refractivity contribution in [3.8, 4) is 5.75 Å². The molecule has 1 heterocycles. The van der Waals surface area contributed by atoms with Crippen LogP contribution in [0.5, 0.6) is 5.75 Å². The van der Waals surface area contributed by atoms with E-state index in [0.29, 0.717) is 17.9 Å². The summed E-state index contributed by atoms with van der Waals surface area (Å²) in [5.41, 5.74) is 2.39. The molecule has 144 valence electrons. The fourth-order valence-corrected chi connectivity index (χ4v) is 3.15. The summed E-state index contributed by atoms with van der Waals surface area (Å²) >= 11 is 3.50. The molecule has 0 aromatic heterocycles. The lowest BCUT2D eigenvalue weighted by Crippen LogP contribution is -2.05. The molecule has 0 saturated carbocycles. The molecule has 0 amide bonds. The molecule has 0 radical (unpaired) electrons. The molecule has 4 rings (SSSR count). The lowest BCUT2D eigenvalue weighted by Gasteiger charge is -2.08. The number of nitrogens with zero attached hydrogens (tertiary/aromatic N) is 1. The molecular weight excluding hydrogens is 437 g/mol. The van der Waals surface area contributed by atoms with Crippen molar-refractivity contribution < 1.29 is 18.7 Å². The molecule has 0 unspecified atom stereocenters. The van der Waals surface area contributed by atoms with Crippen LogP contribution in [0.15, 0.2) is 88.0 Å². The van der Waals surface area contributed by atoms with Gasteiger partial charge >= 0.3 is 5.97 Å². The Morgan fingerprint density at radius 1 is 1.03 bits per heavy atom. The Balaban J connectivity index is 1.47. The van der Waals surface area contributed by atoms with Crippen LogP contribution < -0.4 is 4.74 Å². The van der Waals surface area contributed by atoms with Gasteiger partial charge in [0.2, 0.25) is 5.90 Å². The van der Waals surface area contributed by atoms with Gasteiger partial charge in [-0.05, 0) is 48.0 Å². The molecule has 0 N–H and O–H groups in total. The van der Waals surface area contributed by atoms with Crippen LogP contribution in [-0.4, -0.2) is 11.9 Å². The van der Waals surface area contributed by atoms with E-state index in [0.717, 1.165) is 15.6 Å². The van der Waals surface area contributed by atoms with Gasteiger partial charge in [0.1, 0.15) is 18.2 Å². The molecule has 6 heteroatoms. The van der Waals surface area contributed by atoms with Crippen molar-refractivity contribution in [1.29, 1.82) is 0 Å². The smallest absolute Gasteiger partial charge is 0.363 e. The van der Waals surface area contributed by atoms with Gasteiger partial charge in [-0.2, -0.15) is 0 Å². The van der Waals surface area contributed by atoms with Crippen LogP contribution >= 0.6 is 15.9 Å². The molecule has 1 aliphatic rings. The van der Waals surface area contributed by atoms with Gasteiger partial charge in [-0.1, -0.05) is 52.3 Å². The number of ether oxygens (including phenoxy) is 2. The van der Waals surface area contributed by atoms with E-state index >= 15 is 0 Å². The standard InChI is InChI=1S/C23H15BrFNO3/c24-20-7-2-1-4-17(20)14-28-19-10-8-15(9-11-19)12-21-23(27)29-22(26-21)16-5-3-6-18(25)13-16/h1-13H,14H2/b21-12-. The predicted molar refractivity (Wildman–Crippen MR) is 112 cm³/mol. The molecule has 0 saturated heterocycles. The minimum atomic E-state index is -0.571. The number of hydrogen-bond donors (Lipinski definition) is 0. The average molecular weight is 452 g/mol. The second-order valence-corrected chi connectivity index (χ2v) is 7.15. The zero-order valence-corrected chi connectivity index (χ0v) is 16.7. The van der Waals surface area contributed by atoms with E-state index in [1.54, 1.807) is 12.1 Å². The van der Waals surface area contributed by atoms with Crippen LogP contribution in [0.4, 0.5) is 4.39 Å². The normalized spacial score (nSPS) is 14.6. The first-order valence-corrected chi connectivity index (χ1v) is 9.62. The van der Waals surface area contributed by atoms with Gasteiger partial charge in [-0.3, -0.25) is 0 Å². The second kappa shape index (κ2) is 8.41. The number of rotatable bonds is 5.